The van der Waals surface area contributed by atoms with Crippen LogP contribution in [0, 0.1) is 11.3 Å². The highest BCUT2D eigenvalue weighted by Crippen LogP contribution is 2.39. The minimum atomic E-state index is -0.753. The number of hydrogen-bond acceptors (Lipinski definition) is 3. The summed E-state index contributed by atoms with van der Waals surface area (Å²) in [4.78, 5) is 15.0. The second-order valence-corrected chi connectivity index (χ2v) is 6.32. The summed E-state index contributed by atoms with van der Waals surface area (Å²) in [6.07, 6.45) is 7.92. The second-order valence-electron chi connectivity index (χ2n) is 6.32. The molecule has 5 nitrogen and oxygen atoms in total. The van der Waals surface area contributed by atoms with Crippen LogP contribution in [0.1, 0.15) is 58.3 Å². The molecule has 1 amide bonds. The zero-order valence-corrected chi connectivity index (χ0v) is 12.5. The van der Waals surface area contributed by atoms with Crippen molar-refractivity contribution in [1.29, 1.82) is 0 Å². The lowest BCUT2D eigenvalue weighted by Gasteiger charge is -2.38. The molecule has 0 saturated heterocycles. The number of nitrogens with zero attached hydrogens (tertiary/aromatic N) is 2. The third-order valence-corrected chi connectivity index (χ3v) is 4.67. The van der Waals surface area contributed by atoms with Crippen molar-refractivity contribution in [2.24, 2.45) is 22.2 Å². The number of amides is 1. The van der Waals surface area contributed by atoms with E-state index in [4.69, 9.17) is 10.9 Å². The predicted molar refractivity (Wildman–Crippen MR) is 78.5 cm³/mol. The van der Waals surface area contributed by atoms with Crippen LogP contribution in [0.5, 0.6) is 0 Å². The quantitative estimate of drug-likeness (QED) is 0.339. The summed E-state index contributed by atoms with van der Waals surface area (Å²) in [7, 11) is 0. The van der Waals surface area contributed by atoms with Gasteiger partial charge in [0.2, 0.25) is 5.91 Å². The van der Waals surface area contributed by atoms with Crippen LogP contribution in [-0.4, -0.2) is 34.9 Å². The average molecular weight is 281 g/mol. The van der Waals surface area contributed by atoms with E-state index in [0.717, 1.165) is 38.8 Å². The summed E-state index contributed by atoms with van der Waals surface area (Å²) >= 11 is 0. The number of carbonyl (C=O) groups excluding carboxylic acids is 1. The normalized spacial score (nSPS) is 22.6. The van der Waals surface area contributed by atoms with Gasteiger partial charge < -0.3 is 15.8 Å². The Kier molecular flexibility index (Phi) is 4.89. The minimum Gasteiger partial charge on any atom is -0.409 e. The minimum absolute atomic E-state index is 0.0845. The van der Waals surface area contributed by atoms with Crippen LogP contribution in [0.2, 0.25) is 0 Å². The lowest BCUT2D eigenvalue weighted by atomic mass is 9.72. The zero-order chi connectivity index (χ0) is 14.6. The Balaban J connectivity index is 2.18. The highest BCUT2D eigenvalue weighted by Gasteiger charge is 2.46. The maximum absolute atomic E-state index is 13.0. The van der Waals surface area contributed by atoms with Gasteiger partial charge in [0.1, 0.15) is 5.41 Å². The van der Waals surface area contributed by atoms with E-state index in [1.54, 1.807) is 0 Å². The molecule has 0 spiro atoms. The second kappa shape index (κ2) is 6.46. The molecule has 2 aliphatic rings. The van der Waals surface area contributed by atoms with Gasteiger partial charge in [0.05, 0.1) is 0 Å². The van der Waals surface area contributed by atoms with Crippen LogP contribution >= 0.6 is 0 Å². The summed E-state index contributed by atoms with van der Waals surface area (Å²) in [5.41, 5.74) is 5.16. The molecule has 0 bridgehead atoms. The van der Waals surface area contributed by atoms with Crippen LogP contribution in [0.3, 0.4) is 0 Å². The Morgan fingerprint density at radius 1 is 1.35 bits per heavy atom. The number of oxime groups is 1. The molecule has 114 valence electrons. The number of rotatable bonds is 6. The molecular formula is C15H27N3O2. The third-order valence-electron chi connectivity index (χ3n) is 4.67. The van der Waals surface area contributed by atoms with Crippen molar-refractivity contribution in [1.82, 2.24) is 4.90 Å². The Morgan fingerprint density at radius 2 is 2.00 bits per heavy atom. The standard InChI is InChI=1S/C15H27N3O2/c1-2-10-18(11-12-6-7-12)14(19)15(13(16)17-20)8-4-3-5-9-15/h12,20H,2-11H2,1H3,(H2,16,17). The first kappa shape index (κ1) is 15.1. The maximum atomic E-state index is 13.0. The van der Waals surface area contributed by atoms with Crippen LogP contribution < -0.4 is 5.73 Å². The van der Waals surface area contributed by atoms with E-state index in [2.05, 4.69) is 12.1 Å². The Hall–Kier alpha value is -1.26. The van der Waals surface area contributed by atoms with Crippen LogP contribution in [-0.2, 0) is 4.79 Å². The van der Waals surface area contributed by atoms with Crippen LogP contribution in [0.4, 0.5) is 0 Å². The molecule has 20 heavy (non-hydrogen) atoms. The van der Waals surface area contributed by atoms with Gasteiger partial charge in [0, 0.05) is 13.1 Å². The van der Waals surface area contributed by atoms with Crippen molar-refractivity contribution in [2.75, 3.05) is 13.1 Å². The third kappa shape index (κ3) is 3.07. The molecule has 0 aromatic heterocycles. The lowest BCUT2D eigenvalue weighted by Crippen LogP contribution is -2.53. The van der Waals surface area contributed by atoms with E-state index in [-0.39, 0.29) is 11.7 Å². The van der Waals surface area contributed by atoms with Crippen molar-refractivity contribution < 1.29 is 10.0 Å². The first-order chi connectivity index (χ1) is 9.64. The summed E-state index contributed by atoms with van der Waals surface area (Å²) in [5, 5.41) is 12.3. The van der Waals surface area contributed by atoms with Crippen LogP contribution in [0.25, 0.3) is 0 Å². The molecule has 0 aromatic rings. The monoisotopic (exact) mass is 281 g/mol. The molecule has 3 N–H and O–H groups in total. The van der Waals surface area contributed by atoms with E-state index < -0.39 is 5.41 Å². The van der Waals surface area contributed by atoms with Gasteiger partial charge in [-0.3, -0.25) is 4.79 Å². The Morgan fingerprint density at radius 3 is 2.50 bits per heavy atom. The molecule has 0 radical (unpaired) electrons. The van der Waals surface area contributed by atoms with Gasteiger partial charge in [-0.05, 0) is 38.0 Å². The summed E-state index contributed by atoms with van der Waals surface area (Å²) in [6, 6.07) is 0. The number of carbonyl (C=O) groups is 1. The topological polar surface area (TPSA) is 78.9 Å². The first-order valence-corrected chi connectivity index (χ1v) is 7.91. The van der Waals surface area contributed by atoms with E-state index in [1.807, 2.05) is 4.90 Å². The van der Waals surface area contributed by atoms with Crippen molar-refractivity contribution in [3.05, 3.63) is 0 Å². The highest BCUT2D eigenvalue weighted by molar-refractivity contribution is 6.06. The fourth-order valence-electron chi connectivity index (χ4n) is 3.29. The van der Waals surface area contributed by atoms with Gasteiger partial charge in [0.25, 0.3) is 0 Å². The Bertz CT molecular complexity index is 371. The predicted octanol–water partition coefficient (Wildman–Crippen LogP) is 2.33. The number of hydrogen-bond donors (Lipinski definition) is 2. The molecule has 0 aliphatic heterocycles. The van der Waals surface area contributed by atoms with Crippen LogP contribution in [0.15, 0.2) is 5.16 Å². The molecule has 0 atom stereocenters. The first-order valence-electron chi connectivity index (χ1n) is 7.91. The number of amidine groups is 1. The molecule has 2 fully saturated rings. The molecule has 0 heterocycles. The number of nitrogens with two attached hydrogens (primary N) is 1. The van der Waals surface area contributed by atoms with Crippen molar-refractivity contribution >= 4 is 11.7 Å². The smallest absolute Gasteiger partial charge is 0.236 e. The molecule has 2 rings (SSSR count). The summed E-state index contributed by atoms with van der Waals surface area (Å²) < 4.78 is 0. The van der Waals surface area contributed by atoms with E-state index in [0.29, 0.717) is 18.8 Å². The average Bonchev–Trinajstić information content (AvgIpc) is 3.30. The fraction of sp³-hybridized carbons (Fsp3) is 0.867. The van der Waals surface area contributed by atoms with Gasteiger partial charge in [0.15, 0.2) is 5.84 Å². The molecule has 0 aromatic carbocycles. The van der Waals surface area contributed by atoms with E-state index >= 15 is 0 Å². The maximum Gasteiger partial charge on any atom is 0.236 e. The molecule has 2 saturated carbocycles. The highest BCUT2D eigenvalue weighted by atomic mass is 16.4. The van der Waals surface area contributed by atoms with Crippen molar-refractivity contribution in [3.8, 4) is 0 Å². The summed E-state index contributed by atoms with van der Waals surface area (Å²) in [5.74, 6) is 0.860. The van der Waals surface area contributed by atoms with Gasteiger partial charge in [-0.15, -0.1) is 0 Å². The van der Waals surface area contributed by atoms with E-state index in [9.17, 15) is 4.79 Å². The van der Waals surface area contributed by atoms with Crippen molar-refractivity contribution in [2.45, 2.75) is 58.3 Å². The Labute approximate surface area is 121 Å². The van der Waals surface area contributed by atoms with Gasteiger partial charge in [-0.25, -0.2) is 0 Å². The van der Waals surface area contributed by atoms with Gasteiger partial charge >= 0.3 is 0 Å². The van der Waals surface area contributed by atoms with Crippen molar-refractivity contribution in [3.63, 3.8) is 0 Å². The zero-order valence-electron chi connectivity index (χ0n) is 12.5. The largest absolute Gasteiger partial charge is 0.409 e. The van der Waals surface area contributed by atoms with Gasteiger partial charge in [-0.2, -0.15) is 0 Å². The lowest BCUT2D eigenvalue weighted by molar-refractivity contribution is -0.140. The fourth-order valence-corrected chi connectivity index (χ4v) is 3.29. The molecule has 0 unspecified atom stereocenters. The molecule has 2 aliphatic carbocycles. The SMILES string of the molecule is CCCN(CC1CC1)C(=O)C1(C(N)=NO)CCCCC1. The van der Waals surface area contributed by atoms with E-state index in [1.165, 1.54) is 12.8 Å². The molecular weight excluding hydrogens is 254 g/mol. The molecule has 5 heteroatoms. The summed E-state index contributed by atoms with van der Waals surface area (Å²) in [6.45, 7) is 3.70. The van der Waals surface area contributed by atoms with Gasteiger partial charge in [-0.1, -0.05) is 31.3 Å².